The zero-order valence-electron chi connectivity index (χ0n) is 42.9. The molecule has 3 aliphatic heterocycles. The second-order valence-electron chi connectivity index (χ2n) is 23.1. The first-order chi connectivity index (χ1) is 35.3. The molecule has 5 heterocycles. The van der Waals surface area contributed by atoms with E-state index in [4.69, 9.17) is 14.5 Å². The van der Waals surface area contributed by atoms with Crippen molar-refractivity contribution >= 4 is 55.4 Å². The molecular formula is C56H70N8O9S. The lowest BCUT2D eigenvalue weighted by molar-refractivity contribution is -0.384. The van der Waals surface area contributed by atoms with Crippen LogP contribution in [0.2, 0.25) is 0 Å². The van der Waals surface area contributed by atoms with E-state index >= 15 is 0 Å². The van der Waals surface area contributed by atoms with E-state index in [-0.39, 0.29) is 34.7 Å². The number of rotatable bonds is 12. The maximum atomic E-state index is 14.8. The molecule has 3 aliphatic carbocycles. The minimum Gasteiger partial charge on any atom is -0.470 e. The van der Waals surface area contributed by atoms with Crippen molar-refractivity contribution in [3.05, 3.63) is 106 Å². The minimum absolute atomic E-state index is 0.0871. The predicted molar refractivity (Wildman–Crippen MR) is 284 cm³/mol. The SMILES string of the molecule is CC(C)c1ccccc1[C@@H]1COCCN1C1CC2(CCN(c3ccc(C(=O)NS(=O)(=O)c4ccc(NC[C@H]5CC[C@](C)(O)CC5)c([N+](=O)[O-])c4)c(N4c5cc6cc[nH]c6nc5O[C@@H]5C[C@@](C)(O)CC[C@H]54)c3)CC2)C1. The Morgan fingerprint density at radius 2 is 1.68 bits per heavy atom. The van der Waals surface area contributed by atoms with Crippen molar-refractivity contribution in [1.82, 2.24) is 19.6 Å². The van der Waals surface area contributed by atoms with Crippen molar-refractivity contribution in [3.63, 3.8) is 0 Å². The third-order valence-corrected chi connectivity index (χ3v) is 18.8. The predicted octanol–water partition coefficient (Wildman–Crippen LogP) is 9.09. The fourth-order valence-electron chi connectivity index (χ4n) is 13.1. The van der Waals surface area contributed by atoms with Gasteiger partial charge in [-0.3, -0.25) is 19.8 Å². The molecule has 18 heteroatoms. The molecule has 394 valence electrons. The lowest BCUT2D eigenvalue weighted by Crippen LogP contribution is -2.58. The number of fused-ring (bicyclic) bond motifs is 3. The highest BCUT2D eigenvalue weighted by Gasteiger charge is 2.51. The highest BCUT2D eigenvalue weighted by molar-refractivity contribution is 7.90. The Balaban J connectivity index is 0.877. The molecule has 0 radical (unpaired) electrons. The van der Waals surface area contributed by atoms with Crippen LogP contribution in [0, 0.1) is 21.4 Å². The number of H-pyrrole nitrogens is 1. The Morgan fingerprint density at radius 3 is 2.43 bits per heavy atom. The number of nitrogens with one attached hydrogen (secondary N) is 3. The summed E-state index contributed by atoms with van der Waals surface area (Å²) < 4.78 is 43.5. The summed E-state index contributed by atoms with van der Waals surface area (Å²) in [7, 11) is -4.65. The van der Waals surface area contributed by atoms with Gasteiger partial charge < -0.3 is 39.8 Å². The monoisotopic (exact) mass is 1030 g/mol. The Morgan fingerprint density at radius 1 is 0.919 bits per heavy atom. The molecule has 11 rings (SSSR count). The number of aliphatic hydroxyl groups is 2. The Hall–Kier alpha value is -5.79. The third-order valence-electron chi connectivity index (χ3n) is 17.5. The van der Waals surface area contributed by atoms with E-state index in [2.05, 4.69) is 67.8 Å². The molecule has 2 saturated heterocycles. The lowest BCUT2D eigenvalue weighted by atomic mass is 9.59. The Kier molecular flexibility index (Phi) is 13.2. The molecule has 0 unspecified atom stereocenters. The van der Waals surface area contributed by atoms with Crippen LogP contribution in [-0.4, -0.2) is 113 Å². The molecule has 2 aromatic heterocycles. The van der Waals surface area contributed by atoms with E-state index in [9.17, 15) is 33.5 Å². The first kappa shape index (κ1) is 50.4. The van der Waals surface area contributed by atoms with Crippen LogP contribution in [0.4, 0.5) is 28.4 Å². The summed E-state index contributed by atoms with van der Waals surface area (Å²) in [6.45, 7) is 12.5. The van der Waals surface area contributed by atoms with E-state index in [1.54, 1.807) is 19.2 Å². The van der Waals surface area contributed by atoms with E-state index in [1.807, 2.05) is 31.2 Å². The number of nitro benzene ring substituents is 1. The second kappa shape index (κ2) is 19.4. The van der Waals surface area contributed by atoms with Gasteiger partial charge in [-0.15, -0.1) is 0 Å². The molecule has 3 saturated carbocycles. The van der Waals surface area contributed by atoms with Crippen molar-refractivity contribution < 1.29 is 37.8 Å². The van der Waals surface area contributed by atoms with E-state index in [1.165, 1.54) is 23.3 Å². The number of amides is 1. The topological polar surface area (TPSA) is 216 Å². The van der Waals surface area contributed by atoms with Gasteiger partial charge in [-0.1, -0.05) is 38.1 Å². The molecule has 5 fully saturated rings. The van der Waals surface area contributed by atoms with Gasteiger partial charge in [-0.2, -0.15) is 4.98 Å². The van der Waals surface area contributed by atoms with Crippen molar-refractivity contribution in [2.75, 3.05) is 54.5 Å². The lowest BCUT2D eigenvalue weighted by Gasteiger charge is -2.57. The quantitative estimate of drug-likeness (QED) is 0.0582. The number of piperidine rings is 1. The van der Waals surface area contributed by atoms with Gasteiger partial charge in [-0.05, 0) is 149 Å². The van der Waals surface area contributed by atoms with Crippen LogP contribution in [0.25, 0.3) is 11.0 Å². The number of carbonyl (C=O) groups excluding carboxylic acids is 1. The fraction of sp³-hybridized carbons (Fsp3) is 0.536. The van der Waals surface area contributed by atoms with Crippen molar-refractivity contribution in [3.8, 4) is 5.88 Å². The summed E-state index contributed by atoms with van der Waals surface area (Å²) in [6, 6.07) is 22.2. The van der Waals surface area contributed by atoms with Crippen LogP contribution >= 0.6 is 0 Å². The fourth-order valence-corrected chi connectivity index (χ4v) is 14.1. The van der Waals surface area contributed by atoms with E-state index < -0.39 is 48.7 Å². The van der Waals surface area contributed by atoms with Gasteiger partial charge >= 0.3 is 0 Å². The summed E-state index contributed by atoms with van der Waals surface area (Å²) >= 11 is 0. The number of morpholine rings is 1. The van der Waals surface area contributed by atoms with E-state index in [0.717, 1.165) is 81.9 Å². The molecule has 17 nitrogen and oxygen atoms in total. The molecule has 4 atom stereocenters. The number of aromatic amines is 1. The summed E-state index contributed by atoms with van der Waals surface area (Å²) in [4.78, 5) is 41.3. The van der Waals surface area contributed by atoms with Crippen molar-refractivity contribution in [1.29, 1.82) is 0 Å². The maximum absolute atomic E-state index is 14.8. The van der Waals surface area contributed by atoms with Crippen molar-refractivity contribution in [2.45, 2.75) is 145 Å². The van der Waals surface area contributed by atoms with Gasteiger partial charge in [0.25, 0.3) is 21.6 Å². The molecule has 6 aliphatic rings. The zero-order valence-corrected chi connectivity index (χ0v) is 43.7. The Labute approximate surface area is 433 Å². The number of pyridine rings is 1. The highest BCUT2D eigenvalue weighted by atomic mass is 32.2. The normalized spacial score (nSPS) is 27.3. The van der Waals surface area contributed by atoms with Crippen LogP contribution in [0.5, 0.6) is 5.88 Å². The highest BCUT2D eigenvalue weighted by Crippen LogP contribution is 2.54. The van der Waals surface area contributed by atoms with Gasteiger partial charge in [-0.25, -0.2) is 13.1 Å². The number of aromatic nitrogens is 2. The van der Waals surface area contributed by atoms with Crippen molar-refractivity contribution in [2.24, 2.45) is 11.3 Å². The number of benzene rings is 3. The third kappa shape index (κ3) is 9.83. The molecule has 1 amide bonds. The molecule has 1 spiro atoms. The number of hydrogen-bond acceptors (Lipinski definition) is 14. The average Bonchev–Trinajstić information content (AvgIpc) is 3.83. The summed E-state index contributed by atoms with van der Waals surface area (Å²) in [5.74, 6) is 0.0379. The molecule has 3 aromatic carbocycles. The molecular weight excluding hydrogens is 961 g/mol. The van der Waals surface area contributed by atoms with Crippen LogP contribution in [0.15, 0.2) is 83.9 Å². The van der Waals surface area contributed by atoms with E-state index in [0.29, 0.717) is 80.1 Å². The van der Waals surface area contributed by atoms with Gasteiger partial charge in [0.2, 0.25) is 5.88 Å². The van der Waals surface area contributed by atoms with Gasteiger partial charge in [0.05, 0.1) is 57.6 Å². The number of nitro groups is 1. The number of sulfonamides is 1. The largest absolute Gasteiger partial charge is 0.470 e. The van der Waals surface area contributed by atoms with Crippen LogP contribution in [-0.2, 0) is 14.8 Å². The second-order valence-corrected chi connectivity index (χ2v) is 24.8. The molecule has 5 N–H and O–H groups in total. The number of nitrogens with zero attached hydrogens (tertiary/aromatic N) is 5. The average molecular weight is 1030 g/mol. The number of carbonyl (C=O) groups is 1. The summed E-state index contributed by atoms with van der Waals surface area (Å²) in [5.41, 5.74) is 3.66. The molecule has 5 aromatic rings. The van der Waals surface area contributed by atoms with Gasteiger partial charge in [0.15, 0.2) is 0 Å². The van der Waals surface area contributed by atoms with Gasteiger partial charge in [0, 0.05) is 62.0 Å². The summed E-state index contributed by atoms with van der Waals surface area (Å²) in [6.07, 6.45) is 9.62. The van der Waals surface area contributed by atoms with Crippen LogP contribution in [0.3, 0.4) is 0 Å². The van der Waals surface area contributed by atoms with Crippen LogP contribution in [0.1, 0.15) is 132 Å². The maximum Gasteiger partial charge on any atom is 0.293 e. The smallest absolute Gasteiger partial charge is 0.293 e. The number of hydrogen-bond donors (Lipinski definition) is 5. The minimum atomic E-state index is -4.65. The molecule has 0 bridgehead atoms. The van der Waals surface area contributed by atoms with Crippen LogP contribution < -0.4 is 24.6 Å². The Bertz CT molecular complexity index is 3040. The number of anilines is 4. The number of ether oxygens (including phenoxy) is 2. The van der Waals surface area contributed by atoms with Gasteiger partial charge in [0.1, 0.15) is 23.1 Å². The first-order valence-electron chi connectivity index (χ1n) is 26.6. The standard InChI is InChI=1S/C56H70N8O9S/c1-35(2)41-7-5-6-8-42(41)49-34-72-26-25-62(49)39-30-56(31-39)20-23-61(24-21-56)38-9-11-43(46(28-38)63-45-15-19-55(4,67)32-50(45)73-53-48(63)27-37-16-22-57-51(37)59-53)52(65)60-74(70,71)40-10-12-44(47(29-40)64(68)69)58-33-36-13-17-54(3,66)18-14-36/h5-12,16,22,27-29,35-36,39,45,49-50,58,66-67H,13-15,17-21,23-26,30-34H2,1-4H3,(H,57,59)(H,60,65)/t36-,45-,49+,50-,54-,55+/m1/s1. The first-order valence-corrected chi connectivity index (χ1v) is 28.1. The zero-order chi connectivity index (χ0) is 51.7. The molecule has 74 heavy (non-hydrogen) atoms. The summed E-state index contributed by atoms with van der Waals surface area (Å²) in [5, 5.41) is 38.1.